The maximum absolute atomic E-state index is 11.3. The average Bonchev–Trinajstić information content (AvgIpc) is 2.12. The van der Waals surface area contributed by atoms with Gasteiger partial charge in [-0.15, -0.1) is 6.58 Å². The Bertz CT molecular complexity index is 510. The molecule has 0 bridgehead atoms. The lowest BCUT2D eigenvalue weighted by atomic mass is 9.77. The van der Waals surface area contributed by atoms with Crippen LogP contribution in [0, 0.1) is 0 Å². The van der Waals surface area contributed by atoms with Crippen molar-refractivity contribution in [3.63, 3.8) is 0 Å². The molecular weight excluding hydrogens is 190 g/mol. The number of rotatable bonds is 3. The van der Waals surface area contributed by atoms with Gasteiger partial charge in [-0.1, -0.05) is 12.2 Å². The van der Waals surface area contributed by atoms with E-state index in [-0.39, 0.29) is 10.9 Å². The molecule has 0 spiro atoms. The van der Waals surface area contributed by atoms with Gasteiger partial charge in [-0.05, 0) is 0 Å². The van der Waals surface area contributed by atoms with Crippen LogP contribution < -0.4 is 11.2 Å². The van der Waals surface area contributed by atoms with Crippen LogP contribution in [0.15, 0.2) is 33.8 Å². The predicted molar refractivity (Wildman–Crippen MR) is 61.0 cm³/mol. The van der Waals surface area contributed by atoms with E-state index < -0.39 is 11.2 Å². The van der Waals surface area contributed by atoms with Gasteiger partial charge in [-0.3, -0.25) is 14.3 Å². The maximum Gasteiger partial charge on any atom is 0.328 e. The number of allylic oxidation sites excluding steroid dienone is 1. The Labute approximate surface area is 89.2 Å². The van der Waals surface area contributed by atoms with E-state index in [1.165, 1.54) is 16.8 Å². The van der Waals surface area contributed by atoms with Gasteiger partial charge in [-0.2, -0.15) is 5.37 Å². The van der Waals surface area contributed by atoms with E-state index in [9.17, 15) is 9.59 Å². The average molecular weight is 198 g/mol. The minimum Gasteiger partial charge on any atom is -0.296 e. The molecule has 4 nitrogen and oxygen atoms in total. The highest BCUT2D eigenvalue weighted by atomic mass is 16.2. The Kier molecular flexibility index (Phi) is 3.55. The summed E-state index contributed by atoms with van der Waals surface area (Å²) < 4.78 is 1.29. The Morgan fingerprint density at radius 2 is 2.20 bits per heavy atom. The van der Waals surface area contributed by atoms with Crippen LogP contribution in [0.4, 0.5) is 0 Å². The summed E-state index contributed by atoms with van der Waals surface area (Å²) in [6.45, 7) is 3.80. The highest BCUT2D eigenvalue weighted by Gasteiger charge is 2.00. The summed E-state index contributed by atoms with van der Waals surface area (Å²) >= 11 is 0. The van der Waals surface area contributed by atoms with Crippen LogP contribution in [0.2, 0.25) is 0 Å². The van der Waals surface area contributed by atoms with Crippen molar-refractivity contribution in [3.8, 4) is 0 Å². The first-order valence-electron chi connectivity index (χ1n) is 4.22. The van der Waals surface area contributed by atoms with E-state index in [0.717, 1.165) is 0 Å². The van der Waals surface area contributed by atoms with Crippen LogP contribution in [-0.2, 0) is 6.54 Å². The van der Waals surface area contributed by atoms with E-state index in [4.69, 9.17) is 15.7 Å². The SMILES string of the molecule is [B]C([B])=Cc1cn(CC=C)c(=O)[nH]c1=O. The van der Waals surface area contributed by atoms with E-state index >= 15 is 0 Å². The molecule has 0 unspecified atom stereocenters. The van der Waals surface area contributed by atoms with Gasteiger partial charge >= 0.3 is 5.69 Å². The maximum atomic E-state index is 11.3. The van der Waals surface area contributed by atoms with Crippen molar-refractivity contribution in [1.82, 2.24) is 9.55 Å². The summed E-state index contributed by atoms with van der Waals surface area (Å²) in [7, 11) is 10.5. The zero-order valence-electron chi connectivity index (χ0n) is 8.06. The van der Waals surface area contributed by atoms with Crippen LogP contribution in [-0.4, -0.2) is 25.2 Å². The Morgan fingerprint density at radius 3 is 2.73 bits per heavy atom. The third kappa shape index (κ3) is 2.87. The summed E-state index contributed by atoms with van der Waals surface area (Å²) in [5, 5.41) is 0.00398. The number of aromatic amines is 1. The molecule has 0 aliphatic carbocycles. The normalized spacial score (nSPS) is 9.60. The largest absolute Gasteiger partial charge is 0.328 e. The molecule has 1 N–H and O–H groups in total. The minimum absolute atomic E-state index is 0.00398. The van der Waals surface area contributed by atoms with Crippen molar-refractivity contribution < 1.29 is 0 Å². The fraction of sp³-hybridized carbons (Fsp3) is 0.111. The lowest BCUT2D eigenvalue weighted by Gasteiger charge is -2.02. The molecule has 0 aliphatic heterocycles. The smallest absolute Gasteiger partial charge is 0.296 e. The third-order valence-corrected chi connectivity index (χ3v) is 1.69. The van der Waals surface area contributed by atoms with Crippen molar-refractivity contribution in [2.75, 3.05) is 0 Å². The Balaban J connectivity index is 3.36. The fourth-order valence-electron chi connectivity index (χ4n) is 1.08. The number of hydrogen-bond acceptors (Lipinski definition) is 2. The molecule has 0 aromatic carbocycles. The van der Waals surface area contributed by atoms with E-state index in [2.05, 4.69) is 11.6 Å². The zero-order valence-corrected chi connectivity index (χ0v) is 8.06. The summed E-state index contributed by atoms with van der Waals surface area (Å²) in [4.78, 5) is 24.7. The van der Waals surface area contributed by atoms with Gasteiger partial charge in [0.15, 0.2) is 0 Å². The van der Waals surface area contributed by atoms with Crippen LogP contribution in [0.3, 0.4) is 0 Å². The van der Waals surface area contributed by atoms with Gasteiger partial charge in [0.05, 0.1) is 21.3 Å². The van der Waals surface area contributed by atoms with Gasteiger partial charge < -0.3 is 0 Å². The number of nitrogens with zero attached hydrogens (tertiary/aromatic N) is 1. The van der Waals surface area contributed by atoms with Gasteiger partial charge in [0.1, 0.15) is 0 Å². The fourth-order valence-corrected chi connectivity index (χ4v) is 1.08. The highest BCUT2D eigenvalue weighted by Crippen LogP contribution is 1.94. The molecule has 4 radical (unpaired) electrons. The second-order valence-corrected chi connectivity index (χ2v) is 2.93. The molecule has 0 atom stereocenters. The molecule has 0 saturated heterocycles. The number of H-pyrrole nitrogens is 1. The molecule has 0 aliphatic rings. The van der Waals surface area contributed by atoms with Gasteiger partial charge in [0.25, 0.3) is 5.56 Å². The molecule has 6 heteroatoms. The second-order valence-electron chi connectivity index (χ2n) is 2.93. The molecule has 1 aromatic heterocycles. The molecule has 15 heavy (non-hydrogen) atoms. The third-order valence-electron chi connectivity index (χ3n) is 1.69. The van der Waals surface area contributed by atoms with Crippen molar-refractivity contribution in [1.29, 1.82) is 0 Å². The second kappa shape index (κ2) is 4.68. The zero-order chi connectivity index (χ0) is 11.4. The lowest BCUT2D eigenvalue weighted by Crippen LogP contribution is -2.30. The molecule has 0 fully saturated rings. The van der Waals surface area contributed by atoms with Gasteiger partial charge in [0.2, 0.25) is 0 Å². The van der Waals surface area contributed by atoms with Crippen LogP contribution in [0.5, 0.6) is 0 Å². The summed E-state index contributed by atoms with van der Waals surface area (Å²) in [5.74, 6) is 0. The van der Waals surface area contributed by atoms with Crippen molar-refractivity contribution in [2.45, 2.75) is 6.54 Å². The number of aromatic nitrogens is 2. The van der Waals surface area contributed by atoms with E-state index in [1.54, 1.807) is 6.08 Å². The van der Waals surface area contributed by atoms with Crippen LogP contribution in [0.25, 0.3) is 6.08 Å². The lowest BCUT2D eigenvalue weighted by molar-refractivity contribution is 0.735. The van der Waals surface area contributed by atoms with Crippen molar-refractivity contribution in [2.24, 2.45) is 0 Å². The quantitative estimate of drug-likeness (QED) is 0.518. The molecule has 1 rings (SSSR count). The Morgan fingerprint density at radius 1 is 1.53 bits per heavy atom. The van der Waals surface area contributed by atoms with Gasteiger partial charge in [-0.25, -0.2) is 4.79 Å². The van der Waals surface area contributed by atoms with Crippen molar-refractivity contribution >= 4 is 21.8 Å². The predicted octanol–water partition coefficient (Wildman–Crippen LogP) is -0.642. The molecule has 1 heterocycles. The molecule has 1 aromatic rings. The van der Waals surface area contributed by atoms with Crippen LogP contribution >= 0.6 is 0 Å². The summed E-state index contributed by atoms with van der Waals surface area (Å²) in [6.07, 6.45) is 4.21. The number of nitrogens with one attached hydrogen (secondary N) is 1. The van der Waals surface area contributed by atoms with E-state index in [1.807, 2.05) is 0 Å². The first-order valence-corrected chi connectivity index (χ1v) is 4.22. The summed E-state index contributed by atoms with van der Waals surface area (Å²) in [6, 6.07) is 0. The molecular formula is C9H8B2N2O2. The monoisotopic (exact) mass is 198 g/mol. The Hall–Kier alpha value is -1.71. The molecule has 0 amide bonds. The minimum atomic E-state index is -0.520. The highest BCUT2D eigenvalue weighted by molar-refractivity contribution is 6.50. The first kappa shape index (κ1) is 11.4. The van der Waals surface area contributed by atoms with Gasteiger partial charge in [0, 0.05) is 12.7 Å². The molecule has 0 saturated carbocycles. The summed E-state index contributed by atoms with van der Waals surface area (Å²) in [5.41, 5.74) is -0.780. The molecule has 72 valence electrons. The number of hydrogen-bond donors (Lipinski definition) is 1. The standard InChI is InChI=1S/C9H8B2N2O2/c1-2-3-13-5-6(4-7(10)11)8(14)12-9(13)15/h2,4-5H,1,3H2,(H,12,14,15). The van der Waals surface area contributed by atoms with Crippen molar-refractivity contribution in [3.05, 3.63) is 50.6 Å². The van der Waals surface area contributed by atoms with Crippen LogP contribution in [0.1, 0.15) is 5.56 Å². The van der Waals surface area contributed by atoms with E-state index in [0.29, 0.717) is 6.54 Å². The first-order chi connectivity index (χ1) is 7.04. The topological polar surface area (TPSA) is 54.9 Å².